The fraction of sp³-hybridized carbons (Fsp3) is 0.917. The summed E-state index contributed by atoms with van der Waals surface area (Å²) in [5.74, 6) is -0.859. The van der Waals surface area contributed by atoms with Crippen LogP contribution in [-0.4, -0.2) is 35.5 Å². The van der Waals surface area contributed by atoms with Crippen LogP contribution in [0.25, 0.3) is 0 Å². The van der Waals surface area contributed by atoms with E-state index in [2.05, 4.69) is 6.92 Å². The number of unbranched alkanes of at least 4 members (excludes halogenated alkanes) is 1. The van der Waals surface area contributed by atoms with Gasteiger partial charge in [-0.3, -0.25) is 4.79 Å². The molecule has 0 aliphatic heterocycles. The molecule has 0 fully saturated rings. The predicted octanol–water partition coefficient (Wildman–Crippen LogP) is 2.05. The Bertz CT molecular complexity index is 205. The second kappa shape index (κ2) is 7.63. The summed E-state index contributed by atoms with van der Waals surface area (Å²) in [6.07, 6.45) is 2.08. The van der Waals surface area contributed by atoms with E-state index < -0.39 is 17.5 Å². The minimum atomic E-state index is -0.859. The Morgan fingerprint density at radius 2 is 2.06 bits per heavy atom. The zero-order chi connectivity index (χ0) is 12.6. The van der Waals surface area contributed by atoms with Crippen molar-refractivity contribution < 1.29 is 19.7 Å². The van der Waals surface area contributed by atoms with Crippen LogP contribution < -0.4 is 0 Å². The second-order valence-electron chi connectivity index (χ2n) is 4.51. The van der Waals surface area contributed by atoms with Crippen LogP contribution in [0, 0.1) is 5.41 Å². The lowest BCUT2D eigenvalue weighted by molar-refractivity contribution is -0.150. The highest BCUT2D eigenvalue weighted by Crippen LogP contribution is 2.27. The standard InChI is InChI=1S/C12H24O4/c1-4-6-7-16-9-10(13)8-12(3,5-2)11(14)15/h10,13H,4-9H2,1-3H3,(H,14,15). The Kier molecular flexibility index (Phi) is 7.34. The van der Waals surface area contributed by atoms with Crippen molar-refractivity contribution in [2.24, 2.45) is 5.41 Å². The lowest BCUT2D eigenvalue weighted by Crippen LogP contribution is -2.33. The Morgan fingerprint density at radius 3 is 2.50 bits per heavy atom. The van der Waals surface area contributed by atoms with Crippen LogP contribution in [0.3, 0.4) is 0 Å². The summed E-state index contributed by atoms with van der Waals surface area (Å²) in [6, 6.07) is 0. The van der Waals surface area contributed by atoms with Crippen molar-refractivity contribution in [1.29, 1.82) is 0 Å². The molecule has 0 aliphatic rings. The SMILES string of the molecule is CCCCOCC(O)CC(C)(CC)C(=O)O. The third-order valence-electron chi connectivity index (χ3n) is 2.94. The van der Waals surface area contributed by atoms with Crippen molar-refractivity contribution in [2.45, 2.75) is 52.6 Å². The monoisotopic (exact) mass is 232 g/mol. The molecular weight excluding hydrogens is 208 g/mol. The van der Waals surface area contributed by atoms with Gasteiger partial charge in [-0.2, -0.15) is 0 Å². The number of hydrogen-bond acceptors (Lipinski definition) is 3. The minimum absolute atomic E-state index is 0.225. The van der Waals surface area contributed by atoms with Crippen molar-refractivity contribution in [3.8, 4) is 0 Å². The molecule has 4 nitrogen and oxygen atoms in total. The molecule has 0 aromatic heterocycles. The van der Waals surface area contributed by atoms with Crippen molar-refractivity contribution in [2.75, 3.05) is 13.2 Å². The van der Waals surface area contributed by atoms with E-state index in [0.29, 0.717) is 13.0 Å². The van der Waals surface area contributed by atoms with Crippen LogP contribution in [-0.2, 0) is 9.53 Å². The van der Waals surface area contributed by atoms with E-state index in [0.717, 1.165) is 12.8 Å². The lowest BCUT2D eigenvalue weighted by atomic mass is 9.82. The van der Waals surface area contributed by atoms with E-state index in [1.807, 2.05) is 6.92 Å². The van der Waals surface area contributed by atoms with Gasteiger partial charge in [0.25, 0.3) is 0 Å². The maximum Gasteiger partial charge on any atom is 0.309 e. The first-order valence-electron chi connectivity index (χ1n) is 5.95. The topological polar surface area (TPSA) is 66.8 Å². The van der Waals surface area contributed by atoms with Crippen LogP contribution in [0.1, 0.15) is 46.5 Å². The fourth-order valence-corrected chi connectivity index (χ4v) is 1.43. The zero-order valence-corrected chi connectivity index (χ0v) is 10.5. The van der Waals surface area contributed by atoms with E-state index in [1.54, 1.807) is 6.92 Å². The summed E-state index contributed by atoms with van der Waals surface area (Å²) in [7, 11) is 0. The molecule has 0 spiro atoms. The quantitative estimate of drug-likeness (QED) is 0.597. The molecule has 16 heavy (non-hydrogen) atoms. The molecular formula is C12H24O4. The van der Waals surface area contributed by atoms with Crippen molar-refractivity contribution >= 4 is 5.97 Å². The number of ether oxygens (including phenoxy) is 1. The maximum absolute atomic E-state index is 11.0. The van der Waals surface area contributed by atoms with Crippen molar-refractivity contribution in [1.82, 2.24) is 0 Å². The highest BCUT2D eigenvalue weighted by Gasteiger charge is 2.33. The second-order valence-corrected chi connectivity index (χ2v) is 4.51. The number of aliphatic hydroxyl groups is 1. The molecule has 0 rings (SSSR count). The molecule has 0 aliphatic carbocycles. The van der Waals surface area contributed by atoms with E-state index in [1.165, 1.54) is 0 Å². The molecule has 0 saturated carbocycles. The number of carbonyl (C=O) groups is 1. The van der Waals surface area contributed by atoms with Gasteiger partial charge in [0.2, 0.25) is 0 Å². The molecule has 0 saturated heterocycles. The normalized spacial score (nSPS) is 16.8. The summed E-state index contributed by atoms with van der Waals surface area (Å²) in [4.78, 5) is 11.0. The van der Waals surface area contributed by atoms with Crippen LogP contribution >= 0.6 is 0 Å². The van der Waals surface area contributed by atoms with Gasteiger partial charge >= 0.3 is 5.97 Å². The number of hydrogen-bond donors (Lipinski definition) is 2. The lowest BCUT2D eigenvalue weighted by Gasteiger charge is -2.25. The predicted molar refractivity (Wildman–Crippen MR) is 62.4 cm³/mol. The first kappa shape index (κ1) is 15.4. The number of rotatable bonds is 9. The van der Waals surface area contributed by atoms with Gasteiger partial charge < -0.3 is 14.9 Å². The van der Waals surface area contributed by atoms with Gasteiger partial charge in [0.05, 0.1) is 18.1 Å². The van der Waals surface area contributed by atoms with Crippen LogP contribution in [0.2, 0.25) is 0 Å². The molecule has 0 bridgehead atoms. The molecule has 0 aromatic carbocycles. The van der Waals surface area contributed by atoms with Crippen molar-refractivity contribution in [3.05, 3.63) is 0 Å². The minimum Gasteiger partial charge on any atom is -0.481 e. The molecule has 0 radical (unpaired) electrons. The summed E-state index contributed by atoms with van der Waals surface area (Å²) < 4.78 is 5.26. The molecule has 0 amide bonds. The summed E-state index contributed by atoms with van der Waals surface area (Å²) in [6.45, 7) is 6.40. The highest BCUT2D eigenvalue weighted by atomic mass is 16.5. The molecule has 0 heterocycles. The third kappa shape index (κ3) is 5.47. The third-order valence-corrected chi connectivity index (χ3v) is 2.94. The van der Waals surface area contributed by atoms with E-state index in [9.17, 15) is 9.90 Å². The smallest absolute Gasteiger partial charge is 0.309 e. The van der Waals surface area contributed by atoms with E-state index >= 15 is 0 Å². The highest BCUT2D eigenvalue weighted by molar-refractivity contribution is 5.74. The number of carboxylic acids is 1. The molecule has 96 valence electrons. The van der Waals surface area contributed by atoms with Gasteiger partial charge in [0, 0.05) is 6.61 Å². The summed E-state index contributed by atoms with van der Waals surface area (Å²) in [5.41, 5.74) is -0.854. The summed E-state index contributed by atoms with van der Waals surface area (Å²) >= 11 is 0. The average molecular weight is 232 g/mol. The van der Waals surface area contributed by atoms with Crippen LogP contribution in [0.4, 0.5) is 0 Å². The molecule has 4 heteroatoms. The van der Waals surface area contributed by atoms with E-state index in [-0.39, 0.29) is 13.0 Å². The van der Waals surface area contributed by atoms with Crippen LogP contribution in [0.15, 0.2) is 0 Å². The Hall–Kier alpha value is -0.610. The largest absolute Gasteiger partial charge is 0.481 e. The maximum atomic E-state index is 11.0. The van der Waals surface area contributed by atoms with Gasteiger partial charge in [-0.15, -0.1) is 0 Å². The van der Waals surface area contributed by atoms with Crippen molar-refractivity contribution in [3.63, 3.8) is 0 Å². The van der Waals surface area contributed by atoms with Gasteiger partial charge in [-0.25, -0.2) is 0 Å². The Balaban J connectivity index is 3.92. The average Bonchev–Trinajstić information content (AvgIpc) is 2.24. The molecule has 2 atom stereocenters. The molecule has 0 aromatic rings. The number of carboxylic acid groups (broad SMARTS) is 1. The first-order valence-corrected chi connectivity index (χ1v) is 5.95. The summed E-state index contributed by atoms with van der Waals surface area (Å²) in [5, 5.41) is 18.7. The zero-order valence-electron chi connectivity index (χ0n) is 10.5. The van der Waals surface area contributed by atoms with Crippen LogP contribution in [0.5, 0.6) is 0 Å². The fourth-order valence-electron chi connectivity index (χ4n) is 1.43. The number of aliphatic hydroxyl groups excluding tert-OH is 1. The van der Waals surface area contributed by atoms with E-state index in [4.69, 9.17) is 9.84 Å². The number of aliphatic carboxylic acids is 1. The Morgan fingerprint density at radius 1 is 1.44 bits per heavy atom. The molecule has 2 N–H and O–H groups in total. The van der Waals surface area contributed by atoms with Gasteiger partial charge in [0.15, 0.2) is 0 Å². The van der Waals surface area contributed by atoms with Gasteiger partial charge in [0.1, 0.15) is 0 Å². The van der Waals surface area contributed by atoms with Gasteiger partial charge in [-0.1, -0.05) is 20.3 Å². The molecule has 2 unspecified atom stereocenters. The van der Waals surface area contributed by atoms with Gasteiger partial charge in [-0.05, 0) is 26.2 Å². The first-order chi connectivity index (χ1) is 7.46. The Labute approximate surface area is 97.6 Å².